The van der Waals surface area contributed by atoms with Crippen LogP contribution in [-0.4, -0.2) is 19.6 Å². The largest absolute Gasteiger partial charge is 0.390 e. The van der Waals surface area contributed by atoms with E-state index < -0.39 is 0 Å². The van der Waals surface area contributed by atoms with Crippen LogP contribution < -0.4 is 0 Å². The van der Waals surface area contributed by atoms with Gasteiger partial charge in [-0.2, -0.15) is 0 Å². The van der Waals surface area contributed by atoms with Gasteiger partial charge in [-0.25, -0.2) is 0 Å². The second-order valence-corrected chi connectivity index (χ2v) is 4.15. The van der Waals surface area contributed by atoms with Gasteiger partial charge < -0.3 is 14.7 Å². The Kier molecular flexibility index (Phi) is 2.76. The Hall–Kier alpha value is -0.980. The lowest BCUT2D eigenvalue weighted by Crippen LogP contribution is -2.03. The molecule has 0 saturated heterocycles. The SMILES string of the molecule is OCc1c[nH]c(=S)n1Cc1cncs1. The molecule has 0 aromatic carbocycles. The van der Waals surface area contributed by atoms with Crippen LogP contribution in [0.25, 0.3) is 0 Å². The summed E-state index contributed by atoms with van der Waals surface area (Å²) in [6.07, 6.45) is 3.53. The van der Waals surface area contributed by atoms with E-state index in [1.807, 2.05) is 4.57 Å². The second-order valence-electron chi connectivity index (χ2n) is 2.80. The number of hydrogen-bond acceptors (Lipinski definition) is 4. The Bertz CT molecular complexity index is 457. The number of aliphatic hydroxyl groups is 1. The standard InChI is InChI=1S/C8H9N3OS2/c12-4-6-1-10-8(13)11(6)3-7-2-9-5-14-7/h1-2,5,12H,3-4H2,(H,10,13). The molecule has 14 heavy (non-hydrogen) atoms. The smallest absolute Gasteiger partial charge is 0.177 e. The van der Waals surface area contributed by atoms with E-state index in [9.17, 15) is 0 Å². The number of H-pyrrole nitrogens is 1. The average molecular weight is 227 g/mol. The topological polar surface area (TPSA) is 53.8 Å². The number of rotatable bonds is 3. The highest BCUT2D eigenvalue weighted by atomic mass is 32.1. The molecule has 74 valence electrons. The number of hydrogen-bond donors (Lipinski definition) is 2. The lowest BCUT2D eigenvalue weighted by Gasteiger charge is -2.03. The molecule has 2 aromatic rings. The second kappa shape index (κ2) is 4.04. The molecule has 2 N–H and O–H groups in total. The number of imidazole rings is 1. The van der Waals surface area contributed by atoms with Gasteiger partial charge in [-0.3, -0.25) is 4.98 Å². The Labute approximate surface area is 89.9 Å². The molecule has 0 saturated carbocycles. The van der Waals surface area contributed by atoms with Crippen LogP contribution in [-0.2, 0) is 13.2 Å². The first-order chi connectivity index (χ1) is 6.81. The summed E-state index contributed by atoms with van der Waals surface area (Å²) in [5.74, 6) is 0. The molecule has 4 nitrogen and oxygen atoms in total. The molecule has 0 aliphatic rings. The van der Waals surface area contributed by atoms with Gasteiger partial charge in [0.05, 0.1) is 24.4 Å². The molecule has 2 heterocycles. The molecule has 0 aliphatic heterocycles. The van der Waals surface area contributed by atoms with Gasteiger partial charge in [0.1, 0.15) is 0 Å². The number of thiazole rings is 1. The summed E-state index contributed by atoms with van der Waals surface area (Å²) in [6, 6.07) is 0. The lowest BCUT2D eigenvalue weighted by molar-refractivity contribution is 0.271. The van der Waals surface area contributed by atoms with Crippen molar-refractivity contribution in [1.29, 1.82) is 0 Å². The van der Waals surface area contributed by atoms with Crippen LogP contribution in [0, 0.1) is 4.77 Å². The highest BCUT2D eigenvalue weighted by Crippen LogP contribution is 2.11. The van der Waals surface area contributed by atoms with Gasteiger partial charge in [0.15, 0.2) is 4.77 Å². The number of aromatic amines is 1. The van der Waals surface area contributed by atoms with Crippen LogP contribution in [0.1, 0.15) is 10.6 Å². The maximum Gasteiger partial charge on any atom is 0.177 e. The highest BCUT2D eigenvalue weighted by molar-refractivity contribution is 7.71. The quantitative estimate of drug-likeness (QED) is 0.782. The fraction of sp³-hybridized carbons (Fsp3) is 0.250. The van der Waals surface area contributed by atoms with E-state index in [1.54, 1.807) is 29.2 Å². The summed E-state index contributed by atoms with van der Waals surface area (Å²) in [5.41, 5.74) is 2.58. The van der Waals surface area contributed by atoms with Gasteiger partial charge in [-0.05, 0) is 12.2 Å². The first-order valence-electron chi connectivity index (χ1n) is 4.06. The van der Waals surface area contributed by atoms with Crippen LogP contribution in [0.5, 0.6) is 0 Å². The minimum atomic E-state index is -0.00799. The number of aliphatic hydroxyl groups excluding tert-OH is 1. The molecule has 2 aromatic heterocycles. The zero-order valence-corrected chi connectivity index (χ0v) is 8.94. The lowest BCUT2D eigenvalue weighted by atomic mass is 10.4. The summed E-state index contributed by atoms with van der Waals surface area (Å²) in [7, 11) is 0. The molecule has 6 heteroatoms. The molecule has 0 spiro atoms. The van der Waals surface area contributed by atoms with Gasteiger partial charge in [-0.1, -0.05) is 0 Å². The first-order valence-corrected chi connectivity index (χ1v) is 5.35. The summed E-state index contributed by atoms with van der Waals surface area (Å²) in [6.45, 7) is 0.662. The molecule has 0 fully saturated rings. The summed E-state index contributed by atoms with van der Waals surface area (Å²) in [4.78, 5) is 8.01. The first kappa shape index (κ1) is 9.57. The van der Waals surface area contributed by atoms with E-state index in [1.165, 1.54) is 0 Å². The van der Waals surface area contributed by atoms with E-state index in [4.69, 9.17) is 17.3 Å². The third-order valence-corrected chi connectivity index (χ3v) is 3.02. The third-order valence-electron chi connectivity index (χ3n) is 1.91. The van der Waals surface area contributed by atoms with Crippen molar-refractivity contribution >= 4 is 23.6 Å². The van der Waals surface area contributed by atoms with Gasteiger partial charge in [-0.15, -0.1) is 11.3 Å². The Morgan fingerprint density at radius 2 is 2.50 bits per heavy atom. The van der Waals surface area contributed by atoms with Crippen molar-refractivity contribution in [3.8, 4) is 0 Å². The van der Waals surface area contributed by atoms with E-state index in [0.717, 1.165) is 10.6 Å². The van der Waals surface area contributed by atoms with Crippen molar-refractivity contribution in [3.63, 3.8) is 0 Å². The fourth-order valence-electron chi connectivity index (χ4n) is 1.21. The third kappa shape index (κ3) is 1.77. The van der Waals surface area contributed by atoms with Crippen LogP contribution in [0.3, 0.4) is 0 Å². The Morgan fingerprint density at radius 3 is 3.14 bits per heavy atom. The van der Waals surface area contributed by atoms with Crippen molar-refractivity contribution in [2.45, 2.75) is 13.2 Å². The highest BCUT2D eigenvalue weighted by Gasteiger charge is 2.04. The van der Waals surface area contributed by atoms with Crippen LogP contribution in [0.15, 0.2) is 17.9 Å². The maximum atomic E-state index is 9.06. The van der Waals surface area contributed by atoms with Crippen LogP contribution in [0.4, 0.5) is 0 Å². The van der Waals surface area contributed by atoms with Gasteiger partial charge in [0.25, 0.3) is 0 Å². The Balaban J connectivity index is 2.32. The number of nitrogens with one attached hydrogen (secondary N) is 1. The molecule has 0 radical (unpaired) electrons. The number of aromatic nitrogens is 3. The minimum Gasteiger partial charge on any atom is -0.390 e. The van der Waals surface area contributed by atoms with Gasteiger partial charge in [0, 0.05) is 17.3 Å². The Morgan fingerprint density at radius 1 is 1.64 bits per heavy atom. The molecule has 0 amide bonds. The molecule has 2 rings (SSSR count). The summed E-state index contributed by atoms with van der Waals surface area (Å²) >= 11 is 6.67. The molecule has 0 unspecified atom stereocenters. The molecule has 0 atom stereocenters. The average Bonchev–Trinajstić information content (AvgIpc) is 2.79. The zero-order chi connectivity index (χ0) is 9.97. The van der Waals surface area contributed by atoms with Crippen LogP contribution >= 0.6 is 23.6 Å². The summed E-state index contributed by atoms with van der Waals surface area (Å²) < 4.78 is 2.49. The van der Waals surface area contributed by atoms with Crippen LogP contribution in [0.2, 0.25) is 0 Å². The van der Waals surface area contributed by atoms with E-state index in [2.05, 4.69) is 9.97 Å². The normalized spacial score (nSPS) is 10.6. The van der Waals surface area contributed by atoms with Gasteiger partial charge in [0.2, 0.25) is 0 Å². The van der Waals surface area contributed by atoms with Crippen molar-refractivity contribution < 1.29 is 5.11 Å². The monoisotopic (exact) mass is 227 g/mol. The molecule has 0 bridgehead atoms. The van der Waals surface area contributed by atoms with E-state index in [-0.39, 0.29) is 6.61 Å². The maximum absolute atomic E-state index is 9.06. The fourth-order valence-corrected chi connectivity index (χ4v) is 2.03. The molecule has 0 aliphatic carbocycles. The van der Waals surface area contributed by atoms with Crippen molar-refractivity contribution in [2.24, 2.45) is 0 Å². The molecular weight excluding hydrogens is 218 g/mol. The molecular formula is C8H9N3OS2. The van der Waals surface area contributed by atoms with Gasteiger partial charge >= 0.3 is 0 Å². The minimum absolute atomic E-state index is 0.00799. The van der Waals surface area contributed by atoms with Crippen molar-refractivity contribution in [2.75, 3.05) is 0 Å². The zero-order valence-electron chi connectivity index (χ0n) is 7.30. The van der Waals surface area contributed by atoms with Crippen molar-refractivity contribution in [1.82, 2.24) is 14.5 Å². The van der Waals surface area contributed by atoms with E-state index >= 15 is 0 Å². The predicted molar refractivity (Wildman–Crippen MR) is 56.8 cm³/mol. The van der Waals surface area contributed by atoms with E-state index in [0.29, 0.717) is 11.3 Å². The summed E-state index contributed by atoms with van der Waals surface area (Å²) in [5, 5.41) is 9.06. The number of nitrogens with zero attached hydrogens (tertiary/aromatic N) is 2. The van der Waals surface area contributed by atoms with Crippen molar-refractivity contribution in [3.05, 3.63) is 33.2 Å². The predicted octanol–water partition coefficient (Wildman–Crippen LogP) is 1.54.